The van der Waals surface area contributed by atoms with Gasteiger partial charge in [0.1, 0.15) is 0 Å². The monoisotopic (exact) mass is 282 g/mol. The molecule has 1 rings (SSSR count). The first-order valence-electron chi connectivity index (χ1n) is 5.50. The molecule has 1 aliphatic rings. The molecule has 0 radical (unpaired) electrons. The predicted molar refractivity (Wildman–Crippen MR) is 70.1 cm³/mol. The van der Waals surface area contributed by atoms with Crippen LogP contribution in [0.15, 0.2) is 0 Å². The fourth-order valence-electron chi connectivity index (χ4n) is 1.59. The van der Waals surface area contributed by atoms with Gasteiger partial charge in [0.25, 0.3) is 27.9 Å². The maximum Gasteiger partial charge on any atom is 0.319 e. The van der Waals surface area contributed by atoms with Crippen molar-refractivity contribution in [1.82, 2.24) is 0 Å². The fraction of sp³-hybridized carbons (Fsp3) is 1.00. The predicted octanol–water partition coefficient (Wildman–Crippen LogP) is 1.10. The van der Waals surface area contributed by atoms with E-state index in [2.05, 4.69) is 40.0 Å². The van der Waals surface area contributed by atoms with Gasteiger partial charge >= 0.3 is 8.56 Å². The summed E-state index contributed by atoms with van der Waals surface area (Å²) in [4.78, 5) is 0. The van der Waals surface area contributed by atoms with Crippen LogP contribution in [0.2, 0.25) is 31.7 Å². The highest BCUT2D eigenvalue weighted by Crippen LogP contribution is 2.26. The molecule has 0 amide bonds. The Kier molecular flexibility index (Phi) is 4.92. The summed E-state index contributed by atoms with van der Waals surface area (Å²) in [5.41, 5.74) is 0.449. The molecule has 15 heavy (non-hydrogen) atoms. The fourth-order valence-corrected chi connectivity index (χ4v) is 16.4. The Balaban J connectivity index is 2.74. The summed E-state index contributed by atoms with van der Waals surface area (Å²) in [5.74, 6) is 0. The molecule has 90 valence electrons. The van der Waals surface area contributed by atoms with Crippen molar-refractivity contribution in [3.63, 3.8) is 0 Å². The molecular formula is C7H22O4Si4. The molecule has 1 heterocycles. The molecule has 4 nitrogen and oxygen atoms in total. The van der Waals surface area contributed by atoms with Crippen molar-refractivity contribution < 1.29 is 16.5 Å². The molecule has 1 aliphatic heterocycles. The molecule has 0 aromatic heterocycles. The molecule has 0 saturated carbocycles. The highest BCUT2D eigenvalue weighted by molar-refractivity contribution is 6.81. The van der Waals surface area contributed by atoms with Crippen LogP contribution in [-0.2, 0) is 16.5 Å². The summed E-state index contributed by atoms with van der Waals surface area (Å²) in [6.07, 6.45) is 0. The first kappa shape index (κ1) is 13.8. The summed E-state index contributed by atoms with van der Waals surface area (Å²) in [6, 6.07) is 0. The van der Waals surface area contributed by atoms with Crippen LogP contribution in [0.3, 0.4) is 0 Å². The molecule has 0 aromatic carbocycles. The largest absolute Gasteiger partial charge is 0.420 e. The zero-order valence-electron chi connectivity index (χ0n) is 10.4. The first-order chi connectivity index (χ1) is 6.83. The van der Waals surface area contributed by atoms with Crippen molar-refractivity contribution in [2.45, 2.75) is 45.6 Å². The Hall–Kier alpha value is 0.708. The van der Waals surface area contributed by atoms with Crippen LogP contribution >= 0.6 is 0 Å². The van der Waals surface area contributed by atoms with E-state index in [-0.39, 0.29) is 0 Å². The van der Waals surface area contributed by atoms with E-state index in [0.717, 1.165) is 0 Å². The van der Waals surface area contributed by atoms with E-state index in [1.165, 1.54) is 0 Å². The van der Waals surface area contributed by atoms with Crippen LogP contribution in [0.1, 0.15) is 13.8 Å². The Morgan fingerprint density at radius 1 is 0.867 bits per heavy atom. The van der Waals surface area contributed by atoms with Crippen LogP contribution in [0, 0.1) is 0 Å². The molecule has 1 saturated heterocycles. The smallest absolute Gasteiger partial charge is 0.319 e. The number of rotatable bonds is 1. The van der Waals surface area contributed by atoms with Crippen molar-refractivity contribution in [1.29, 1.82) is 0 Å². The maximum absolute atomic E-state index is 6.10. The molecule has 0 aliphatic carbocycles. The van der Waals surface area contributed by atoms with Crippen LogP contribution < -0.4 is 0 Å². The normalized spacial score (nSPS) is 43.8. The van der Waals surface area contributed by atoms with E-state index in [9.17, 15) is 0 Å². The third-order valence-electron chi connectivity index (χ3n) is 2.62. The van der Waals surface area contributed by atoms with Gasteiger partial charge in [-0.2, -0.15) is 0 Å². The Morgan fingerprint density at radius 2 is 1.27 bits per heavy atom. The lowest BCUT2D eigenvalue weighted by Gasteiger charge is -2.39. The van der Waals surface area contributed by atoms with Crippen LogP contribution in [0.4, 0.5) is 0 Å². The van der Waals surface area contributed by atoms with Gasteiger partial charge in [-0.3, -0.25) is 0 Å². The van der Waals surface area contributed by atoms with E-state index in [0.29, 0.717) is 5.54 Å². The lowest BCUT2D eigenvalue weighted by atomic mass is 10.6. The zero-order chi connectivity index (χ0) is 11.6. The summed E-state index contributed by atoms with van der Waals surface area (Å²) < 4.78 is 23.9. The molecular weight excluding hydrogens is 260 g/mol. The van der Waals surface area contributed by atoms with E-state index < -0.39 is 36.4 Å². The zero-order valence-corrected chi connectivity index (χ0v) is 14.9. The molecule has 8 heteroatoms. The second-order valence-corrected chi connectivity index (χ2v) is 15.0. The minimum absolute atomic E-state index is 0.449. The Labute approximate surface area is 98.7 Å². The third-order valence-corrected chi connectivity index (χ3v) is 17.2. The molecule has 0 spiro atoms. The van der Waals surface area contributed by atoms with Crippen molar-refractivity contribution in [3.05, 3.63) is 0 Å². The standard InChI is InChI=1S/C7H22O4Si4/c1-7(2)15(6)10-13(4)8-12(3)9-14(5)11-15/h7,12-14H,1-6H3. The molecule has 0 bridgehead atoms. The van der Waals surface area contributed by atoms with E-state index in [1.807, 2.05) is 0 Å². The second-order valence-electron chi connectivity index (χ2n) is 4.38. The van der Waals surface area contributed by atoms with Gasteiger partial charge in [-0.05, 0) is 31.7 Å². The van der Waals surface area contributed by atoms with E-state index in [4.69, 9.17) is 16.5 Å². The topological polar surface area (TPSA) is 36.9 Å². The highest BCUT2D eigenvalue weighted by Gasteiger charge is 2.41. The van der Waals surface area contributed by atoms with Gasteiger partial charge in [0, 0.05) is 0 Å². The lowest BCUT2D eigenvalue weighted by molar-refractivity contribution is 0.268. The number of hydrogen-bond donors (Lipinski definition) is 0. The van der Waals surface area contributed by atoms with Gasteiger partial charge in [-0.1, -0.05) is 13.8 Å². The van der Waals surface area contributed by atoms with Crippen molar-refractivity contribution in [2.24, 2.45) is 0 Å². The minimum atomic E-state index is -2.06. The van der Waals surface area contributed by atoms with E-state index in [1.54, 1.807) is 0 Å². The Bertz CT molecular complexity index is 201. The summed E-state index contributed by atoms with van der Waals surface area (Å²) in [6.45, 7) is 12.7. The highest BCUT2D eigenvalue weighted by atomic mass is 28.5. The first-order valence-corrected chi connectivity index (χ1v) is 14.2. The van der Waals surface area contributed by atoms with Gasteiger partial charge < -0.3 is 16.5 Å². The maximum atomic E-state index is 6.10. The van der Waals surface area contributed by atoms with Crippen molar-refractivity contribution in [3.8, 4) is 0 Å². The average Bonchev–Trinajstić information content (AvgIpc) is 1.99. The third kappa shape index (κ3) is 3.89. The quantitative estimate of drug-likeness (QED) is 0.675. The molecule has 2 unspecified atom stereocenters. The minimum Gasteiger partial charge on any atom is -0.420 e. The Morgan fingerprint density at radius 3 is 1.60 bits per heavy atom. The molecule has 1 fully saturated rings. The lowest BCUT2D eigenvalue weighted by Crippen LogP contribution is -2.54. The van der Waals surface area contributed by atoms with Crippen LogP contribution in [-0.4, -0.2) is 36.4 Å². The summed E-state index contributed by atoms with van der Waals surface area (Å²) in [7, 11) is -6.61. The molecule has 0 N–H and O–H groups in total. The van der Waals surface area contributed by atoms with Gasteiger partial charge in [0.15, 0.2) is 0 Å². The summed E-state index contributed by atoms with van der Waals surface area (Å²) >= 11 is 0. The SMILES string of the molecule is CC(C)[Si]1(C)O[SiH](C)O[SiH](C)O[SiH](C)O1. The molecule has 0 aromatic rings. The van der Waals surface area contributed by atoms with E-state index >= 15 is 0 Å². The van der Waals surface area contributed by atoms with Crippen molar-refractivity contribution in [2.75, 3.05) is 0 Å². The van der Waals surface area contributed by atoms with Crippen LogP contribution in [0.25, 0.3) is 0 Å². The van der Waals surface area contributed by atoms with Crippen LogP contribution in [0.5, 0.6) is 0 Å². The summed E-state index contributed by atoms with van der Waals surface area (Å²) in [5, 5.41) is 0. The van der Waals surface area contributed by atoms with Gasteiger partial charge in [0.05, 0.1) is 0 Å². The molecule has 2 atom stereocenters. The van der Waals surface area contributed by atoms with Crippen molar-refractivity contribution >= 4 is 36.4 Å². The second kappa shape index (κ2) is 5.36. The van der Waals surface area contributed by atoms with Gasteiger partial charge in [0.2, 0.25) is 0 Å². The van der Waals surface area contributed by atoms with Gasteiger partial charge in [-0.15, -0.1) is 0 Å². The van der Waals surface area contributed by atoms with Gasteiger partial charge in [-0.25, -0.2) is 0 Å². The number of hydrogen-bond acceptors (Lipinski definition) is 4. The average molecular weight is 283 g/mol.